The van der Waals surface area contributed by atoms with Gasteiger partial charge in [-0.05, 0) is 80.6 Å². The van der Waals surface area contributed by atoms with Crippen LogP contribution in [0.5, 0.6) is 5.75 Å². The van der Waals surface area contributed by atoms with Crippen molar-refractivity contribution < 1.29 is 14.3 Å². The topological polar surface area (TPSA) is 76.3 Å². The molecular formula is C32H35N3O3. The van der Waals surface area contributed by atoms with E-state index in [4.69, 9.17) is 9.47 Å². The second kappa shape index (κ2) is 12.9. The standard InChI is InChI=1S/C32H35N3O3/c1-23-9-7-10-24(2)31(23)37-18-14-34-25(3)19-26-20-28-13-16-35(30(28)29(21-26)22-33)15-8-17-38-32(36)27-11-5-4-6-12-27/h4-7,9-13,16,20-21,25,34H,8,14-15,17-19H2,1-3H3. The first kappa shape index (κ1) is 27.0. The molecule has 4 rings (SSSR count). The summed E-state index contributed by atoms with van der Waals surface area (Å²) in [6.45, 7) is 8.61. The number of aromatic nitrogens is 1. The van der Waals surface area contributed by atoms with Gasteiger partial charge >= 0.3 is 5.97 Å². The lowest BCUT2D eigenvalue weighted by Gasteiger charge is -2.16. The molecule has 6 nitrogen and oxygen atoms in total. The number of rotatable bonds is 12. The Morgan fingerprint density at radius 3 is 2.53 bits per heavy atom. The van der Waals surface area contributed by atoms with Gasteiger partial charge in [0.2, 0.25) is 0 Å². The number of para-hydroxylation sites is 1. The highest BCUT2D eigenvalue weighted by atomic mass is 16.5. The van der Waals surface area contributed by atoms with E-state index in [1.54, 1.807) is 12.1 Å². The fraction of sp³-hybridized carbons (Fsp3) is 0.312. The van der Waals surface area contributed by atoms with Crippen molar-refractivity contribution in [1.29, 1.82) is 5.26 Å². The third-order valence-corrected chi connectivity index (χ3v) is 6.62. The van der Waals surface area contributed by atoms with Crippen molar-refractivity contribution in [2.24, 2.45) is 0 Å². The van der Waals surface area contributed by atoms with Crippen LogP contribution in [0.1, 0.15) is 46.0 Å². The number of ether oxygens (including phenoxy) is 2. The van der Waals surface area contributed by atoms with Crippen LogP contribution in [-0.4, -0.2) is 36.3 Å². The van der Waals surface area contributed by atoms with Crippen molar-refractivity contribution in [3.05, 3.63) is 101 Å². The van der Waals surface area contributed by atoms with Crippen LogP contribution in [0.3, 0.4) is 0 Å². The largest absolute Gasteiger partial charge is 0.492 e. The van der Waals surface area contributed by atoms with Gasteiger partial charge in [0.1, 0.15) is 18.4 Å². The number of carbonyl (C=O) groups excluding carboxylic acids is 1. The normalized spacial score (nSPS) is 11.7. The number of nitrogens with zero attached hydrogens (tertiary/aromatic N) is 2. The molecule has 1 N–H and O–H groups in total. The smallest absolute Gasteiger partial charge is 0.338 e. The fourth-order valence-corrected chi connectivity index (χ4v) is 4.77. The third kappa shape index (κ3) is 6.81. The molecule has 0 aliphatic rings. The zero-order chi connectivity index (χ0) is 26.9. The summed E-state index contributed by atoms with van der Waals surface area (Å²) < 4.78 is 13.5. The molecule has 0 saturated heterocycles. The van der Waals surface area contributed by atoms with Crippen LogP contribution in [0.2, 0.25) is 0 Å². The van der Waals surface area contributed by atoms with Crippen LogP contribution in [-0.2, 0) is 17.7 Å². The quantitative estimate of drug-likeness (QED) is 0.188. The van der Waals surface area contributed by atoms with Gasteiger partial charge in [0, 0.05) is 30.7 Å². The van der Waals surface area contributed by atoms with E-state index in [2.05, 4.69) is 54.9 Å². The molecular weight excluding hydrogens is 474 g/mol. The van der Waals surface area contributed by atoms with E-state index in [1.807, 2.05) is 42.6 Å². The highest BCUT2D eigenvalue weighted by Crippen LogP contribution is 2.24. The summed E-state index contributed by atoms with van der Waals surface area (Å²) in [5, 5.41) is 14.4. The summed E-state index contributed by atoms with van der Waals surface area (Å²) >= 11 is 0. The van der Waals surface area contributed by atoms with Gasteiger partial charge in [-0.3, -0.25) is 0 Å². The molecule has 4 aromatic rings. The van der Waals surface area contributed by atoms with E-state index in [9.17, 15) is 10.1 Å². The van der Waals surface area contributed by atoms with Crippen LogP contribution < -0.4 is 10.1 Å². The minimum Gasteiger partial charge on any atom is -0.492 e. The highest BCUT2D eigenvalue weighted by Gasteiger charge is 2.12. The van der Waals surface area contributed by atoms with Crippen molar-refractivity contribution in [3.63, 3.8) is 0 Å². The van der Waals surface area contributed by atoms with Gasteiger partial charge in [-0.25, -0.2) is 4.79 Å². The van der Waals surface area contributed by atoms with E-state index in [0.717, 1.165) is 46.3 Å². The molecule has 0 radical (unpaired) electrons. The average molecular weight is 510 g/mol. The van der Waals surface area contributed by atoms with Crippen LogP contribution in [0, 0.1) is 25.2 Å². The van der Waals surface area contributed by atoms with E-state index in [0.29, 0.717) is 37.3 Å². The number of hydrogen-bond acceptors (Lipinski definition) is 5. The SMILES string of the molecule is Cc1cccc(C)c1OCCNC(C)Cc1cc(C#N)c2c(ccn2CCCOC(=O)c2ccccc2)c1. The first-order chi connectivity index (χ1) is 18.5. The van der Waals surface area contributed by atoms with Crippen LogP contribution >= 0.6 is 0 Å². The van der Waals surface area contributed by atoms with Gasteiger partial charge in [-0.15, -0.1) is 0 Å². The second-order valence-corrected chi connectivity index (χ2v) is 9.69. The number of esters is 1. The van der Waals surface area contributed by atoms with Gasteiger partial charge in [0.25, 0.3) is 0 Å². The molecule has 1 atom stereocenters. The van der Waals surface area contributed by atoms with Crippen molar-refractivity contribution in [2.45, 2.75) is 46.2 Å². The summed E-state index contributed by atoms with van der Waals surface area (Å²) in [6, 6.07) is 24.0. The van der Waals surface area contributed by atoms with E-state index >= 15 is 0 Å². The number of nitrogens with one attached hydrogen (secondary N) is 1. The van der Waals surface area contributed by atoms with Gasteiger partial charge < -0.3 is 19.4 Å². The van der Waals surface area contributed by atoms with Gasteiger partial charge in [-0.1, -0.05) is 36.4 Å². The first-order valence-electron chi connectivity index (χ1n) is 13.1. The maximum Gasteiger partial charge on any atom is 0.338 e. The number of nitriles is 1. The van der Waals surface area contributed by atoms with Crippen molar-refractivity contribution in [3.8, 4) is 11.8 Å². The third-order valence-electron chi connectivity index (χ3n) is 6.62. The predicted octanol–water partition coefficient (Wildman–Crippen LogP) is 5.98. The Balaban J connectivity index is 1.29. The van der Waals surface area contributed by atoms with E-state index < -0.39 is 0 Å². The zero-order valence-corrected chi connectivity index (χ0v) is 22.4. The van der Waals surface area contributed by atoms with E-state index in [1.165, 1.54) is 0 Å². The molecule has 0 bridgehead atoms. The minimum atomic E-state index is -0.315. The summed E-state index contributed by atoms with van der Waals surface area (Å²) in [5.41, 5.74) is 5.56. The Hall–Kier alpha value is -4.08. The number of aryl methyl sites for hydroxylation is 3. The summed E-state index contributed by atoms with van der Waals surface area (Å²) in [5.74, 6) is 0.648. The molecule has 0 saturated carbocycles. The lowest BCUT2D eigenvalue weighted by molar-refractivity contribution is 0.0496. The zero-order valence-electron chi connectivity index (χ0n) is 22.4. The molecule has 0 aliphatic heterocycles. The number of benzene rings is 3. The molecule has 1 unspecified atom stereocenters. The molecule has 0 amide bonds. The van der Waals surface area contributed by atoms with Crippen LogP contribution in [0.25, 0.3) is 10.9 Å². The lowest BCUT2D eigenvalue weighted by atomic mass is 10.0. The molecule has 1 heterocycles. The van der Waals surface area contributed by atoms with Crippen molar-refractivity contribution in [1.82, 2.24) is 9.88 Å². The van der Waals surface area contributed by atoms with Crippen LogP contribution in [0.15, 0.2) is 72.9 Å². The van der Waals surface area contributed by atoms with Gasteiger partial charge in [0.15, 0.2) is 0 Å². The van der Waals surface area contributed by atoms with Gasteiger partial charge in [0.05, 0.1) is 23.3 Å². The fourth-order valence-electron chi connectivity index (χ4n) is 4.77. The Bertz CT molecular complexity index is 1400. The monoisotopic (exact) mass is 509 g/mol. The Labute approximate surface area is 224 Å². The molecule has 196 valence electrons. The average Bonchev–Trinajstić information content (AvgIpc) is 3.33. The van der Waals surface area contributed by atoms with Gasteiger partial charge in [-0.2, -0.15) is 5.26 Å². The summed E-state index contributed by atoms with van der Waals surface area (Å²) in [7, 11) is 0. The number of fused-ring (bicyclic) bond motifs is 1. The maximum atomic E-state index is 12.1. The first-order valence-corrected chi connectivity index (χ1v) is 13.1. The van der Waals surface area contributed by atoms with Crippen molar-refractivity contribution >= 4 is 16.9 Å². The molecule has 0 spiro atoms. The summed E-state index contributed by atoms with van der Waals surface area (Å²) in [4.78, 5) is 12.1. The second-order valence-electron chi connectivity index (χ2n) is 9.69. The molecule has 6 heteroatoms. The Kier molecular flexibility index (Phi) is 9.18. The molecule has 3 aromatic carbocycles. The van der Waals surface area contributed by atoms with Crippen molar-refractivity contribution in [2.75, 3.05) is 19.8 Å². The highest BCUT2D eigenvalue weighted by molar-refractivity contribution is 5.89. The molecule has 0 aliphatic carbocycles. The van der Waals surface area contributed by atoms with E-state index in [-0.39, 0.29) is 12.0 Å². The Morgan fingerprint density at radius 2 is 1.79 bits per heavy atom. The number of carbonyl (C=O) groups is 1. The predicted molar refractivity (Wildman–Crippen MR) is 151 cm³/mol. The summed E-state index contributed by atoms with van der Waals surface area (Å²) in [6.07, 6.45) is 3.48. The minimum absolute atomic E-state index is 0.238. The molecule has 0 fully saturated rings. The molecule has 38 heavy (non-hydrogen) atoms. The Morgan fingerprint density at radius 1 is 1.03 bits per heavy atom. The van der Waals surface area contributed by atoms with Crippen LogP contribution in [0.4, 0.5) is 0 Å². The number of hydrogen-bond donors (Lipinski definition) is 1. The lowest BCUT2D eigenvalue weighted by Crippen LogP contribution is -2.32. The molecule has 1 aromatic heterocycles. The maximum absolute atomic E-state index is 12.1.